The van der Waals surface area contributed by atoms with Crippen molar-refractivity contribution in [2.45, 2.75) is 51.6 Å². The number of amides is 1. The van der Waals surface area contributed by atoms with Crippen molar-refractivity contribution in [3.8, 4) is 0 Å². The topological polar surface area (TPSA) is 80.2 Å². The average Bonchev–Trinajstić information content (AvgIpc) is 2.76. The molecule has 1 heterocycles. The summed E-state index contributed by atoms with van der Waals surface area (Å²) in [4.78, 5) is 25.2. The molecule has 1 aliphatic carbocycles. The summed E-state index contributed by atoms with van der Waals surface area (Å²) in [6, 6.07) is 10.2. The van der Waals surface area contributed by atoms with Gasteiger partial charge in [-0.3, -0.25) is 10.2 Å². The van der Waals surface area contributed by atoms with Crippen molar-refractivity contribution in [1.29, 1.82) is 0 Å². The van der Waals surface area contributed by atoms with E-state index in [4.69, 9.17) is 14.6 Å². The van der Waals surface area contributed by atoms with Crippen LogP contribution in [0, 0.1) is 5.92 Å². The fourth-order valence-corrected chi connectivity index (χ4v) is 4.16. The number of rotatable bonds is 5. The highest BCUT2D eigenvalue weighted by atomic mass is 16.5. The van der Waals surface area contributed by atoms with Gasteiger partial charge in [0.1, 0.15) is 6.10 Å². The third-order valence-electron chi connectivity index (χ3n) is 5.74. The summed E-state index contributed by atoms with van der Waals surface area (Å²) in [6.07, 6.45) is 4.23. The lowest BCUT2D eigenvalue weighted by Crippen LogP contribution is -2.37. The number of likely N-dealkylation sites (N-methyl/N-ethyl adjacent to an activating group) is 1. The van der Waals surface area contributed by atoms with Gasteiger partial charge in [-0.15, -0.1) is 0 Å². The maximum absolute atomic E-state index is 11.9. The van der Waals surface area contributed by atoms with Crippen LogP contribution in [-0.2, 0) is 14.3 Å². The lowest BCUT2D eigenvalue weighted by molar-refractivity contribution is -0.149. The highest BCUT2D eigenvalue weighted by Crippen LogP contribution is 2.35. The van der Waals surface area contributed by atoms with E-state index in [1.807, 2.05) is 25.1 Å². The molecular weight excluding hydrogens is 382 g/mol. The Kier molecular flexibility index (Phi) is 7.49. The summed E-state index contributed by atoms with van der Waals surface area (Å²) in [5, 5.41) is 4.70. The van der Waals surface area contributed by atoms with E-state index in [0.717, 1.165) is 49.1 Å². The molecule has 162 valence electrons. The number of benzene rings is 1. The van der Waals surface area contributed by atoms with Gasteiger partial charge in [0.2, 0.25) is 0 Å². The van der Waals surface area contributed by atoms with E-state index in [-0.39, 0.29) is 24.1 Å². The first-order valence-electron chi connectivity index (χ1n) is 10.6. The lowest BCUT2D eigenvalue weighted by Gasteiger charge is -2.34. The first-order chi connectivity index (χ1) is 14.5. The number of esters is 1. The zero-order chi connectivity index (χ0) is 21.5. The van der Waals surface area contributed by atoms with Gasteiger partial charge in [0, 0.05) is 19.4 Å². The molecule has 2 unspecified atom stereocenters. The largest absolute Gasteiger partial charge is 0.462 e. The summed E-state index contributed by atoms with van der Waals surface area (Å²) in [6.45, 7) is 2.21. The van der Waals surface area contributed by atoms with E-state index < -0.39 is 0 Å². The Labute approximate surface area is 178 Å². The molecule has 1 aliphatic heterocycles. The minimum atomic E-state index is -0.389. The van der Waals surface area contributed by atoms with Crippen LogP contribution in [0.1, 0.15) is 51.0 Å². The Morgan fingerprint density at radius 2 is 1.97 bits per heavy atom. The van der Waals surface area contributed by atoms with E-state index in [1.54, 1.807) is 7.05 Å². The van der Waals surface area contributed by atoms with Crippen LogP contribution in [0.4, 0.5) is 4.79 Å². The SMILES string of the molecule is CCC(=O)OC1CCCC2C(c3ccccc3)=NNC(CN(C)C(=O)OC)=C2CC1. The predicted octanol–water partition coefficient (Wildman–Crippen LogP) is 3.85. The highest BCUT2D eigenvalue weighted by Gasteiger charge is 2.32. The Hall–Kier alpha value is -2.83. The zero-order valence-electron chi connectivity index (χ0n) is 18.0. The molecular formula is C23H31N3O4. The van der Waals surface area contributed by atoms with Crippen molar-refractivity contribution >= 4 is 17.8 Å². The normalized spacial score (nSPS) is 21.4. The number of allylic oxidation sites excluding steroid dienone is 1. The smallest absolute Gasteiger partial charge is 0.409 e. The lowest BCUT2D eigenvalue weighted by atomic mass is 9.79. The second-order valence-corrected chi connectivity index (χ2v) is 7.79. The molecule has 1 fully saturated rings. The molecule has 7 heteroatoms. The molecule has 0 aromatic heterocycles. The van der Waals surface area contributed by atoms with Crippen LogP contribution in [0.2, 0.25) is 0 Å². The molecule has 1 aromatic rings. The maximum Gasteiger partial charge on any atom is 0.409 e. The first kappa shape index (κ1) is 21.9. The van der Waals surface area contributed by atoms with E-state index in [2.05, 4.69) is 17.6 Å². The Morgan fingerprint density at radius 1 is 1.20 bits per heavy atom. The molecule has 1 amide bonds. The second kappa shape index (κ2) is 10.3. The van der Waals surface area contributed by atoms with Crippen molar-refractivity contribution < 1.29 is 19.1 Å². The molecule has 2 atom stereocenters. The van der Waals surface area contributed by atoms with Gasteiger partial charge in [-0.1, -0.05) is 37.3 Å². The number of hydrogen-bond acceptors (Lipinski definition) is 6. The van der Waals surface area contributed by atoms with Gasteiger partial charge in [0.25, 0.3) is 0 Å². The van der Waals surface area contributed by atoms with Gasteiger partial charge in [0.05, 0.1) is 25.1 Å². The standard InChI is InChI=1S/C23H31N3O4/c1-4-21(27)30-17-11-8-12-19-18(14-13-17)20(15-26(2)23(28)29-3)24-25-22(19)16-9-6-5-7-10-16/h5-7,9-10,17,19,24H,4,8,11-15H2,1-3H3. The molecule has 30 heavy (non-hydrogen) atoms. The van der Waals surface area contributed by atoms with Crippen LogP contribution in [0.3, 0.4) is 0 Å². The molecule has 1 aromatic carbocycles. The number of hydrazone groups is 1. The average molecular weight is 414 g/mol. The molecule has 3 rings (SSSR count). The zero-order valence-corrected chi connectivity index (χ0v) is 18.0. The molecule has 0 saturated heterocycles. The summed E-state index contributed by atoms with van der Waals surface area (Å²) in [5.74, 6) is 0.0302. The van der Waals surface area contributed by atoms with Gasteiger partial charge in [-0.05, 0) is 43.2 Å². The van der Waals surface area contributed by atoms with Gasteiger partial charge in [-0.2, -0.15) is 5.10 Å². The van der Waals surface area contributed by atoms with E-state index in [1.165, 1.54) is 17.6 Å². The minimum Gasteiger partial charge on any atom is -0.462 e. The maximum atomic E-state index is 11.9. The van der Waals surface area contributed by atoms with Crippen molar-refractivity contribution in [2.24, 2.45) is 11.0 Å². The van der Waals surface area contributed by atoms with Gasteiger partial charge < -0.3 is 14.4 Å². The monoisotopic (exact) mass is 413 g/mol. The first-order valence-corrected chi connectivity index (χ1v) is 10.6. The fraction of sp³-hybridized carbons (Fsp3) is 0.522. The highest BCUT2D eigenvalue weighted by molar-refractivity contribution is 6.04. The van der Waals surface area contributed by atoms with Gasteiger partial charge >= 0.3 is 12.1 Å². The number of hydrogen-bond donors (Lipinski definition) is 1. The number of nitrogens with zero attached hydrogens (tertiary/aromatic N) is 2. The minimum absolute atomic E-state index is 0.0653. The van der Waals surface area contributed by atoms with Crippen molar-refractivity contribution in [2.75, 3.05) is 20.7 Å². The summed E-state index contributed by atoms with van der Waals surface area (Å²) in [7, 11) is 3.09. The van der Waals surface area contributed by atoms with Crippen LogP contribution in [0.5, 0.6) is 0 Å². The van der Waals surface area contributed by atoms with Crippen LogP contribution < -0.4 is 5.43 Å². The summed E-state index contributed by atoms with van der Waals surface area (Å²) < 4.78 is 10.5. The van der Waals surface area contributed by atoms with Crippen LogP contribution in [-0.4, -0.2) is 49.5 Å². The van der Waals surface area contributed by atoms with Crippen molar-refractivity contribution in [1.82, 2.24) is 10.3 Å². The van der Waals surface area contributed by atoms with E-state index in [0.29, 0.717) is 13.0 Å². The van der Waals surface area contributed by atoms with Crippen molar-refractivity contribution in [3.05, 3.63) is 47.2 Å². The third-order valence-corrected chi connectivity index (χ3v) is 5.74. The second-order valence-electron chi connectivity index (χ2n) is 7.79. The number of fused-ring (bicyclic) bond motifs is 1. The van der Waals surface area contributed by atoms with Crippen molar-refractivity contribution in [3.63, 3.8) is 0 Å². The summed E-state index contributed by atoms with van der Waals surface area (Å²) >= 11 is 0. The number of methoxy groups -OCH3 is 1. The fourth-order valence-electron chi connectivity index (χ4n) is 4.16. The summed E-state index contributed by atoms with van der Waals surface area (Å²) in [5.41, 5.74) is 7.49. The molecule has 1 saturated carbocycles. The van der Waals surface area contributed by atoms with E-state index in [9.17, 15) is 9.59 Å². The Bertz CT molecular complexity index is 819. The predicted molar refractivity (Wildman–Crippen MR) is 115 cm³/mol. The Morgan fingerprint density at radius 3 is 2.67 bits per heavy atom. The molecule has 0 radical (unpaired) electrons. The van der Waals surface area contributed by atoms with Crippen LogP contribution >= 0.6 is 0 Å². The van der Waals surface area contributed by atoms with Gasteiger partial charge in [0.15, 0.2) is 0 Å². The molecule has 2 aliphatic rings. The number of ether oxygens (including phenoxy) is 2. The number of nitrogens with one attached hydrogen (secondary N) is 1. The third kappa shape index (κ3) is 5.20. The van der Waals surface area contributed by atoms with Crippen LogP contribution in [0.15, 0.2) is 46.7 Å². The van der Waals surface area contributed by atoms with Crippen LogP contribution in [0.25, 0.3) is 0 Å². The van der Waals surface area contributed by atoms with Gasteiger partial charge in [-0.25, -0.2) is 4.79 Å². The molecule has 7 nitrogen and oxygen atoms in total. The number of carbonyl (C=O) groups excluding carboxylic acids is 2. The quantitative estimate of drug-likeness (QED) is 0.742. The van der Waals surface area contributed by atoms with E-state index >= 15 is 0 Å². The molecule has 0 bridgehead atoms. The molecule has 0 spiro atoms. The molecule has 1 N–H and O–H groups in total. The number of carbonyl (C=O) groups is 2. The Balaban J connectivity index is 1.87.